The fraction of sp³-hybridized carbons (Fsp3) is 0. The van der Waals surface area contributed by atoms with Gasteiger partial charge in [0.05, 0.1) is 0 Å². The summed E-state index contributed by atoms with van der Waals surface area (Å²) >= 11 is 0. The van der Waals surface area contributed by atoms with E-state index in [2.05, 4.69) is 15.5 Å². The molecule has 0 radical (unpaired) electrons. The molecule has 20 heavy (non-hydrogen) atoms. The summed E-state index contributed by atoms with van der Waals surface area (Å²) in [7, 11) is 0. The lowest BCUT2D eigenvalue weighted by atomic mass is 10.1. The number of hydrogen-bond donors (Lipinski definition) is 0. The molecule has 0 saturated carbocycles. The maximum atomic E-state index is 12.0. The van der Waals surface area contributed by atoms with Crippen LogP contribution in [0.2, 0.25) is 0 Å². The van der Waals surface area contributed by atoms with Gasteiger partial charge >= 0.3 is 5.63 Å². The summed E-state index contributed by atoms with van der Waals surface area (Å²) in [5, 5.41) is 13.7. The van der Waals surface area contributed by atoms with Crippen molar-refractivity contribution in [2.45, 2.75) is 0 Å². The number of nitrogens with zero attached hydrogens (tertiary/aromatic N) is 4. The average Bonchev–Trinajstić information content (AvgIpc) is 3.00. The van der Waals surface area contributed by atoms with Crippen LogP contribution in [0.3, 0.4) is 0 Å². The van der Waals surface area contributed by atoms with E-state index in [1.54, 1.807) is 12.1 Å². The fourth-order valence-corrected chi connectivity index (χ4v) is 2.29. The average molecular weight is 264 g/mol. The van der Waals surface area contributed by atoms with Crippen LogP contribution >= 0.6 is 0 Å². The summed E-state index contributed by atoms with van der Waals surface area (Å²) in [5.74, 6) is 0. The van der Waals surface area contributed by atoms with Crippen LogP contribution in [0, 0.1) is 0 Å². The van der Waals surface area contributed by atoms with Gasteiger partial charge in [0.1, 0.15) is 11.9 Å². The summed E-state index contributed by atoms with van der Waals surface area (Å²) in [6, 6.07) is 13.4. The van der Waals surface area contributed by atoms with Crippen molar-refractivity contribution < 1.29 is 4.42 Å². The van der Waals surface area contributed by atoms with Gasteiger partial charge < -0.3 is 4.42 Å². The van der Waals surface area contributed by atoms with Gasteiger partial charge in [-0.05, 0) is 33.3 Å². The molecule has 0 aliphatic heterocycles. The predicted octanol–water partition coefficient (Wildman–Crippen LogP) is 1.92. The van der Waals surface area contributed by atoms with Crippen molar-refractivity contribution in [3.05, 3.63) is 59.2 Å². The molecule has 0 saturated heterocycles. The Morgan fingerprint density at radius 3 is 2.80 bits per heavy atom. The summed E-state index contributed by atoms with van der Waals surface area (Å²) in [6.45, 7) is 0. The third-order valence-electron chi connectivity index (χ3n) is 3.22. The van der Waals surface area contributed by atoms with Crippen LogP contribution in [0.5, 0.6) is 0 Å². The van der Waals surface area contributed by atoms with Gasteiger partial charge in [0.25, 0.3) is 0 Å². The van der Waals surface area contributed by atoms with E-state index in [4.69, 9.17) is 4.42 Å². The summed E-state index contributed by atoms with van der Waals surface area (Å²) in [6.07, 6.45) is 1.36. The second-order valence-corrected chi connectivity index (χ2v) is 4.37. The van der Waals surface area contributed by atoms with E-state index in [1.807, 2.05) is 30.3 Å². The highest BCUT2D eigenvalue weighted by Gasteiger charge is 2.10. The first kappa shape index (κ1) is 10.9. The normalized spacial score (nSPS) is 11.2. The van der Waals surface area contributed by atoms with E-state index in [0.29, 0.717) is 11.3 Å². The molecule has 6 nitrogen and oxygen atoms in total. The smallest absolute Gasteiger partial charge is 0.362 e. The van der Waals surface area contributed by atoms with E-state index < -0.39 is 5.63 Å². The van der Waals surface area contributed by atoms with Gasteiger partial charge in [-0.15, -0.1) is 5.10 Å². The first-order valence-corrected chi connectivity index (χ1v) is 6.02. The van der Waals surface area contributed by atoms with Gasteiger partial charge in [-0.25, -0.2) is 4.79 Å². The van der Waals surface area contributed by atoms with Crippen molar-refractivity contribution in [1.29, 1.82) is 0 Å². The van der Waals surface area contributed by atoms with Crippen LogP contribution in [0.1, 0.15) is 0 Å². The Kier molecular flexibility index (Phi) is 2.17. The van der Waals surface area contributed by atoms with Crippen LogP contribution in [0.4, 0.5) is 0 Å². The van der Waals surface area contributed by atoms with E-state index in [9.17, 15) is 4.79 Å². The number of tetrazole rings is 1. The van der Waals surface area contributed by atoms with Crippen LogP contribution in [-0.4, -0.2) is 20.2 Å². The second kappa shape index (κ2) is 3.99. The first-order chi connectivity index (χ1) is 9.83. The Morgan fingerprint density at radius 2 is 1.95 bits per heavy atom. The minimum Gasteiger partial charge on any atom is -0.421 e. The Labute approximate surface area is 112 Å². The molecule has 4 aromatic rings. The van der Waals surface area contributed by atoms with E-state index in [-0.39, 0.29) is 0 Å². The molecule has 0 fully saturated rings. The molecule has 4 rings (SSSR count). The van der Waals surface area contributed by atoms with Crippen LogP contribution in [-0.2, 0) is 0 Å². The number of aromatic nitrogens is 4. The van der Waals surface area contributed by atoms with Gasteiger partial charge in [0.15, 0.2) is 5.69 Å². The molecule has 0 unspecified atom stereocenters. The van der Waals surface area contributed by atoms with Crippen molar-refractivity contribution in [3.63, 3.8) is 0 Å². The number of hydrogen-bond acceptors (Lipinski definition) is 5. The molecule has 0 N–H and O–H groups in total. The Balaban J connectivity index is 2.15. The van der Waals surface area contributed by atoms with Crippen molar-refractivity contribution >= 4 is 21.7 Å². The van der Waals surface area contributed by atoms with Gasteiger partial charge in [-0.2, -0.15) is 4.68 Å². The predicted molar refractivity (Wildman–Crippen MR) is 72.7 cm³/mol. The molecular weight excluding hydrogens is 256 g/mol. The van der Waals surface area contributed by atoms with Crippen molar-refractivity contribution in [2.75, 3.05) is 0 Å². The molecule has 0 spiro atoms. The highest BCUT2D eigenvalue weighted by molar-refractivity contribution is 6.05. The topological polar surface area (TPSA) is 73.8 Å². The minimum absolute atomic E-state index is 0.291. The lowest BCUT2D eigenvalue weighted by molar-refractivity contribution is 0.551. The standard InChI is InChI=1S/C14H8N4O2/c19-14-12(18-8-15-16-17-18)7-11-10-4-2-1-3-9(10)5-6-13(11)20-14/h1-8H. The molecule has 96 valence electrons. The Morgan fingerprint density at radius 1 is 1.05 bits per heavy atom. The third kappa shape index (κ3) is 1.51. The Bertz CT molecular complexity index is 973. The first-order valence-electron chi connectivity index (χ1n) is 6.02. The monoisotopic (exact) mass is 264 g/mol. The SMILES string of the molecule is O=c1oc2ccc3ccccc3c2cc1-n1cnnn1. The van der Waals surface area contributed by atoms with Crippen LogP contribution < -0.4 is 5.63 Å². The van der Waals surface area contributed by atoms with Gasteiger partial charge in [-0.3, -0.25) is 0 Å². The number of benzene rings is 2. The van der Waals surface area contributed by atoms with Crippen molar-refractivity contribution in [2.24, 2.45) is 0 Å². The maximum absolute atomic E-state index is 12.0. The molecule has 2 aromatic heterocycles. The zero-order chi connectivity index (χ0) is 13.5. The lowest BCUT2D eigenvalue weighted by Crippen LogP contribution is -2.10. The lowest BCUT2D eigenvalue weighted by Gasteiger charge is -2.04. The van der Waals surface area contributed by atoms with E-state index >= 15 is 0 Å². The molecule has 0 atom stereocenters. The molecule has 0 aliphatic rings. The zero-order valence-corrected chi connectivity index (χ0v) is 10.2. The zero-order valence-electron chi connectivity index (χ0n) is 10.2. The Hall–Kier alpha value is -3.02. The molecule has 2 aromatic carbocycles. The summed E-state index contributed by atoms with van der Waals surface area (Å²) in [5.41, 5.74) is 0.365. The van der Waals surface area contributed by atoms with Crippen LogP contribution in [0.15, 0.2) is 58.0 Å². The third-order valence-corrected chi connectivity index (χ3v) is 3.22. The highest BCUT2D eigenvalue weighted by Crippen LogP contribution is 2.25. The largest absolute Gasteiger partial charge is 0.421 e. The molecule has 0 bridgehead atoms. The second-order valence-electron chi connectivity index (χ2n) is 4.37. The van der Waals surface area contributed by atoms with Crippen molar-refractivity contribution in [1.82, 2.24) is 20.2 Å². The molecule has 0 amide bonds. The summed E-state index contributed by atoms with van der Waals surface area (Å²) < 4.78 is 6.65. The summed E-state index contributed by atoms with van der Waals surface area (Å²) in [4.78, 5) is 12.0. The minimum atomic E-state index is -0.472. The molecular formula is C14H8N4O2. The van der Waals surface area contributed by atoms with Crippen molar-refractivity contribution in [3.8, 4) is 5.69 Å². The number of rotatable bonds is 1. The van der Waals surface area contributed by atoms with Gasteiger partial charge in [0.2, 0.25) is 0 Å². The van der Waals surface area contributed by atoms with E-state index in [1.165, 1.54) is 11.0 Å². The fourth-order valence-electron chi connectivity index (χ4n) is 2.29. The quantitative estimate of drug-likeness (QED) is 0.388. The number of fused-ring (bicyclic) bond motifs is 3. The van der Waals surface area contributed by atoms with E-state index in [0.717, 1.165) is 16.2 Å². The maximum Gasteiger partial charge on any atom is 0.362 e. The van der Waals surface area contributed by atoms with Crippen LogP contribution in [0.25, 0.3) is 27.4 Å². The highest BCUT2D eigenvalue weighted by atomic mass is 16.4. The van der Waals surface area contributed by atoms with Gasteiger partial charge in [-0.1, -0.05) is 30.3 Å². The molecule has 6 heteroatoms. The molecule has 2 heterocycles. The van der Waals surface area contributed by atoms with Gasteiger partial charge in [0, 0.05) is 5.39 Å². The molecule has 0 aliphatic carbocycles.